The van der Waals surface area contributed by atoms with Crippen LogP contribution in [0.2, 0.25) is 0 Å². The van der Waals surface area contributed by atoms with Crippen molar-refractivity contribution >= 4 is 0 Å². The Bertz CT molecular complexity index is 174. The summed E-state index contributed by atoms with van der Waals surface area (Å²) in [6.45, 7) is 5.37. The predicted molar refractivity (Wildman–Crippen MR) is 52.3 cm³/mol. The molecule has 0 radical (unpaired) electrons. The third kappa shape index (κ3) is 5.74. The van der Waals surface area contributed by atoms with Crippen LogP contribution in [0.4, 0.5) is 0 Å². The Morgan fingerprint density at radius 3 is 2.08 bits per heavy atom. The van der Waals surface area contributed by atoms with E-state index in [2.05, 4.69) is 0 Å². The lowest BCUT2D eigenvalue weighted by atomic mass is 10.3. The summed E-state index contributed by atoms with van der Waals surface area (Å²) >= 11 is 0. The lowest BCUT2D eigenvalue weighted by Gasteiger charge is -1.99. The van der Waals surface area contributed by atoms with Gasteiger partial charge in [-0.3, -0.25) is 0 Å². The largest absolute Gasteiger partial charge is 0.494 e. The highest BCUT2D eigenvalue weighted by Gasteiger charge is 1.83. The lowest BCUT2D eigenvalue weighted by Crippen LogP contribution is -1.89. The predicted octanol–water partition coefficient (Wildman–Crippen LogP) is 2.05. The van der Waals surface area contributed by atoms with Crippen LogP contribution >= 0.6 is 0 Å². The van der Waals surface area contributed by atoms with Gasteiger partial charge in [0.1, 0.15) is 5.75 Å². The first kappa shape index (κ1) is 11.0. The molecule has 0 unspecified atom stereocenters. The first-order chi connectivity index (χ1) is 5.85. The quantitative estimate of drug-likeness (QED) is 0.731. The molecule has 0 bridgehead atoms. The third-order valence-electron chi connectivity index (χ3n) is 1.05. The molecule has 12 heavy (non-hydrogen) atoms. The van der Waals surface area contributed by atoms with Crippen molar-refractivity contribution in [2.45, 2.75) is 13.8 Å². The van der Waals surface area contributed by atoms with E-state index in [-0.39, 0.29) is 0 Å². The van der Waals surface area contributed by atoms with Gasteiger partial charge in [0, 0.05) is 0 Å². The smallest absolute Gasteiger partial charge is 0.119 e. The highest BCUT2D eigenvalue weighted by Crippen LogP contribution is 2.06. The molecule has 0 amide bonds. The fourth-order valence-corrected chi connectivity index (χ4v) is 0.683. The molecule has 1 rings (SSSR count). The van der Waals surface area contributed by atoms with Crippen molar-refractivity contribution in [2.24, 2.45) is 5.73 Å². The second kappa shape index (κ2) is 8.08. The van der Waals surface area contributed by atoms with Gasteiger partial charge in [0.15, 0.2) is 0 Å². The van der Waals surface area contributed by atoms with Crippen molar-refractivity contribution in [3.63, 3.8) is 0 Å². The monoisotopic (exact) mass is 167 g/mol. The SMILES string of the molecule is CCN.CCOc1ccccc1. The summed E-state index contributed by atoms with van der Waals surface area (Å²) in [4.78, 5) is 0. The summed E-state index contributed by atoms with van der Waals surface area (Å²) in [7, 11) is 0. The van der Waals surface area contributed by atoms with Crippen LogP contribution in [0.1, 0.15) is 13.8 Å². The molecule has 0 atom stereocenters. The number of nitrogens with two attached hydrogens (primary N) is 1. The molecule has 0 aromatic heterocycles. The Balaban J connectivity index is 0.000000354. The molecule has 1 aromatic carbocycles. The van der Waals surface area contributed by atoms with Gasteiger partial charge >= 0.3 is 0 Å². The Labute approximate surface area is 74.4 Å². The van der Waals surface area contributed by atoms with E-state index in [9.17, 15) is 0 Å². The van der Waals surface area contributed by atoms with Crippen LogP contribution in [0.25, 0.3) is 0 Å². The van der Waals surface area contributed by atoms with Crippen molar-refractivity contribution in [3.05, 3.63) is 30.3 Å². The summed E-state index contributed by atoms with van der Waals surface area (Å²) in [5, 5.41) is 0. The summed E-state index contributed by atoms with van der Waals surface area (Å²) in [5.41, 5.74) is 4.85. The molecule has 0 saturated heterocycles. The highest BCUT2D eigenvalue weighted by atomic mass is 16.5. The van der Waals surface area contributed by atoms with Crippen LogP contribution in [0.15, 0.2) is 30.3 Å². The van der Waals surface area contributed by atoms with E-state index in [1.807, 2.05) is 44.2 Å². The molecular formula is C10H17NO. The average Bonchev–Trinajstić information content (AvgIpc) is 2.08. The molecule has 0 aliphatic heterocycles. The molecule has 0 spiro atoms. The highest BCUT2D eigenvalue weighted by molar-refractivity contribution is 5.20. The van der Waals surface area contributed by atoms with Crippen molar-refractivity contribution in [3.8, 4) is 5.75 Å². The Kier molecular flexibility index (Phi) is 7.39. The van der Waals surface area contributed by atoms with E-state index in [1.165, 1.54) is 0 Å². The molecule has 0 fully saturated rings. The standard InChI is InChI=1S/C8H10O.C2H7N/c1-2-9-8-6-4-3-5-7-8;1-2-3/h3-7H,2H2,1H3;2-3H2,1H3. The zero-order valence-corrected chi connectivity index (χ0v) is 7.79. The van der Waals surface area contributed by atoms with E-state index in [0.29, 0.717) is 0 Å². The molecule has 0 saturated carbocycles. The maximum absolute atomic E-state index is 5.21. The minimum Gasteiger partial charge on any atom is -0.494 e. The molecule has 68 valence electrons. The Hall–Kier alpha value is -1.02. The molecule has 2 N–H and O–H groups in total. The first-order valence-corrected chi connectivity index (χ1v) is 4.23. The van der Waals surface area contributed by atoms with E-state index >= 15 is 0 Å². The minimum absolute atomic E-state index is 0.740. The summed E-state index contributed by atoms with van der Waals surface area (Å²) in [5.74, 6) is 0.944. The number of benzene rings is 1. The van der Waals surface area contributed by atoms with Crippen LogP contribution in [-0.2, 0) is 0 Å². The zero-order valence-electron chi connectivity index (χ0n) is 7.79. The van der Waals surface area contributed by atoms with Crippen molar-refractivity contribution in [1.29, 1.82) is 0 Å². The van der Waals surface area contributed by atoms with E-state index in [1.54, 1.807) is 0 Å². The first-order valence-electron chi connectivity index (χ1n) is 4.23. The zero-order chi connectivity index (χ0) is 9.23. The third-order valence-corrected chi connectivity index (χ3v) is 1.05. The van der Waals surface area contributed by atoms with Gasteiger partial charge in [-0.1, -0.05) is 25.1 Å². The summed E-state index contributed by atoms with van der Waals surface area (Å²) in [6, 6.07) is 9.80. The lowest BCUT2D eigenvalue weighted by molar-refractivity contribution is 0.340. The Morgan fingerprint density at radius 2 is 1.67 bits per heavy atom. The normalized spacial score (nSPS) is 8.25. The molecular weight excluding hydrogens is 150 g/mol. The average molecular weight is 167 g/mol. The van der Waals surface area contributed by atoms with Crippen molar-refractivity contribution < 1.29 is 4.74 Å². The van der Waals surface area contributed by atoms with Crippen LogP contribution in [0, 0.1) is 0 Å². The summed E-state index contributed by atoms with van der Waals surface area (Å²) in [6.07, 6.45) is 0. The van der Waals surface area contributed by atoms with Gasteiger partial charge in [0.2, 0.25) is 0 Å². The van der Waals surface area contributed by atoms with E-state index in [0.717, 1.165) is 18.9 Å². The Morgan fingerprint density at radius 1 is 1.17 bits per heavy atom. The van der Waals surface area contributed by atoms with Gasteiger partial charge in [0.05, 0.1) is 6.61 Å². The molecule has 2 heteroatoms. The number of para-hydroxylation sites is 1. The number of hydrogen-bond donors (Lipinski definition) is 1. The van der Waals surface area contributed by atoms with Crippen molar-refractivity contribution in [1.82, 2.24) is 0 Å². The topological polar surface area (TPSA) is 35.2 Å². The maximum atomic E-state index is 5.21. The minimum atomic E-state index is 0.740. The number of ether oxygens (including phenoxy) is 1. The molecule has 0 aliphatic carbocycles. The van der Waals surface area contributed by atoms with E-state index < -0.39 is 0 Å². The maximum Gasteiger partial charge on any atom is 0.119 e. The van der Waals surface area contributed by atoms with Gasteiger partial charge in [-0.25, -0.2) is 0 Å². The molecule has 2 nitrogen and oxygen atoms in total. The van der Waals surface area contributed by atoms with Crippen LogP contribution < -0.4 is 10.5 Å². The van der Waals surface area contributed by atoms with Crippen LogP contribution in [0.3, 0.4) is 0 Å². The second-order valence-corrected chi connectivity index (χ2v) is 2.15. The molecule has 0 aliphatic rings. The fraction of sp³-hybridized carbons (Fsp3) is 0.400. The second-order valence-electron chi connectivity index (χ2n) is 2.15. The van der Waals surface area contributed by atoms with Gasteiger partial charge in [-0.2, -0.15) is 0 Å². The van der Waals surface area contributed by atoms with Gasteiger partial charge in [-0.05, 0) is 25.6 Å². The molecule has 0 heterocycles. The van der Waals surface area contributed by atoms with Crippen molar-refractivity contribution in [2.75, 3.05) is 13.2 Å². The van der Waals surface area contributed by atoms with Gasteiger partial charge in [-0.15, -0.1) is 0 Å². The van der Waals surface area contributed by atoms with Crippen LogP contribution in [-0.4, -0.2) is 13.2 Å². The van der Waals surface area contributed by atoms with Crippen LogP contribution in [0.5, 0.6) is 5.75 Å². The fourth-order valence-electron chi connectivity index (χ4n) is 0.683. The van der Waals surface area contributed by atoms with Gasteiger partial charge in [0.25, 0.3) is 0 Å². The number of rotatable bonds is 2. The summed E-state index contributed by atoms with van der Waals surface area (Å²) < 4.78 is 5.21. The van der Waals surface area contributed by atoms with E-state index in [4.69, 9.17) is 10.5 Å². The number of hydrogen-bond acceptors (Lipinski definition) is 2. The molecule has 1 aromatic rings. The van der Waals surface area contributed by atoms with Gasteiger partial charge < -0.3 is 10.5 Å².